The lowest BCUT2D eigenvalue weighted by Crippen LogP contribution is -2.09. The molecule has 0 unspecified atom stereocenters. The minimum absolute atomic E-state index is 0.876. The van der Waals surface area contributed by atoms with Crippen LogP contribution in [0.15, 0.2) is 10.2 Å². The third-order valence-corrected chi connectivity index (χ3v) is 2.43. The van der Waals surface area contributed by atoms with Crippen LogP contribution in [0.25, 0.3) is 0 Å². The Hall–Kier alpha value is 0.470. The maximum absolute atomic E-state index is 3.86. The fourth-order valence-corrected chi connectivity index (χ4v) is 1.34. The van der Waals surface area contributed by atoms with Crippen LogP contribution in [0.2, 0.25) is 0 Å². The third kappa shape index (κ3) is 1.18. The van der Waals surface area contributed by atoms with Gasteiger partial charge in [0.1, 0.15) is 0 Å². The van der Waals surface area contributed by atoms with Gasteiger partial charge in [-0.15, -0.1) is 0 Å². The fraction of sp³-hybridized carbons (Fsp3) is 0.667. The molecule has 7 heavy (non-hydrogen) atoms. The van der Waals surface area contributed by atoms with Gasteiger partial charge in [0.25, 0.3) is 0 Å². The molecule has 0 nitrogen and oxygen atoms in total. The van der Waals surface area contributed by atoms with E-state index in [4.69, 9.17) is 0 Å². The molecule has 0 spiro atoms. The van der Waals surface area contributed by atoms with Crippen molar-refractivity contribution in [2.45, 2.75) is 19.3 Å². The van der Waals surface area contributed by atoms with Crippen LogP contribution in [0.1, 0.15) is 19.3 Å². The van der Waals surface area contributed by atoms with Gasteiger partial charge in [-0.2, -0.15) is 0 Å². The van der Waals surface area contributed by atoms with Gasteiger partial charge in [-0.1, -0.05) is 13.0 Å². The van der Waals surface area contributed by atoms with Gasteiger partial charge in [0, 0.05) is 0 Å². The van der Waals surface area contributed by atoms with Gasteiger partial charge >= 0.3 is 0 Å². The van der Waals surface area contributed by atoms with Crippen LogP contribution in [0, 0.1) is 5.92 Å². The van der Waals surface area contributed by atoms with E-state index >= 15 is 0 Å². The Bertz CT molecular complexity index is 82.2. The lowest BCUT2D eigenvalue weighted by molar-refractivity contribution is 0.386. The molecule has 0 radical (unpaired) electrons. The maximum Gasteiger partial charge on any atom is -0.0110 e. The van der Waals surface area contributed by atoms with Crippen molar-refractivity contribution in [3.8, 4) is 0 Å². The quantitative estimate of drug-likeness (QED) is 0.581. The highest BCUT2D eigenvalue weighted by molar-refractivity contribution is 14.1. The molecule has 0 saturated heterocycles. The standard InChI is InChI=1S/C6H9I/c1-5(7)6-3-2-4-6/h6H,1-4H2. The Morgan fingerprint density at radius 1 is 1.57 bits per heavy atom. The van der Waals surface area contributed by atoms with Crippen LogP contribution in [-0.4, -0.2) is 0 Å². The normalized spacial score (nSPS) is 21.3. The van der Waals surface area contributed by atoms with Gasteiger partial charge in [-0.05, 0) is 44.9 Å². The third-order valence-electron chi connectivity index (χ3n) is 1.55. The second-order valence-electron chi connectivity index (χ2n) is 2.07. The van der Waals surface area contributed by atoms with Crippen molar-refractivity contribution >= 4 is 22.6 Å². The Morgan fingerprint density at radius 2 is 2.14 bits per heavy atom. The summed E-state index contributed by atoms with van der Waals surface area (Å²) in [5.41, 5.74) is 0. The van der Waals surface area contributed by atoms with E-state index < -0.39 is 0 Å². The Labute approximate surface area is 58.1 Å². The van der Waals surface area contributed by atoms with Gasteiger partial charge in [0.2, 0.25) is 0 Å². The Kier molecular flexibility index (Phi) is 1.73. The average molecular weight is 208 g/mol. The van der Waals surface area contributed by atoms with Gasteiger partial charge in [-0.3, -0.25) is 0 Å². The number of hydrogen-bond acceptors (Lipinski definition) is 0. The molecule has 0 aliphatic heterocycles. The minimum Gasteiger partial charge on any atom is -0.0894 e. The van der Waals surface area contributed by atoms with Gasteiger partial charge in [0.15, 0.2) is 0 Å². The van der Waals surface area contributed by atoms with Crippen molar-refractivity contribution in [1.82, 2.24) is 0 Å². The number of hydrogen-bond donors (Lipinski definition) is 0. The summed E-state index contributed by atoms with van der Waals surface area (Å²) in [6, 6.07) is 0. The molecule has 40 valence electrons. The van der Waals surface area contributed by atoms with E-state index in [0.29, 0.717) is 0 Å². The SMILES string of the molecule is C=C(I)C1CCC1. The molecule has 1 fully saturated rings. The zero-order valence-electron chi connectivity index (χ0n) is 4.28. The number of rotatable bonds is 1. The van der Waals surface area contributed by atoms with E-state index in [1.807, 2.05) is 0 Å². The molecule has 0 atom stereocenters. The predicted molar refractivity (Wildman–Crippen MR) is 40.5 cm³/mol. The molecule has 1 rings (SSSR count). The minimum atomic E-state index is 0.876. The molecule has 0 bridgehead atoms. The summed E-state index contributed by atoms with van der Waals surface area (Å²) in [5.74, 6) is 0.876. The highest BCUT2D eigenvalue weighted by Crippen LogP contribution is 2.34. The van der Waals surface area contributed by atoms with E-state index in [1.54, 1.807) is 0 Å². The van der Waals surface area contributed by atoms with E-state index in [0.717, 1.165) is 5.92 Å². The van der Waals surface area contributed by atoms with E-state index in [2.05, 4.69) is 29.2 Å². The summed E-state index contributed by atoms with van der Waals surface area (Å²) >= 11 is 2.33. The molecule has 0 N–H and O–H groups in total. The first-order valence-corrected chi connectivity index (χ1v) is 3.73. The summed E-state index contributed by atoms with van der Waals surface area (Å²) in [7, 11) is 0. The molecule has 0 aromatic rings. The summed E-state index contributed by atoms with van der Waals surface area (Å²) in [6.45, 7) is 3.86. The van der Waals surface area contributed by atoms with Crippen molar-refractivity contribution in [1.29, 1.82) is 0 Å². The summed E-state index contributed by atoms with van der Waals surface area (Å²) < 4.78 is 1.35. The van der Waals surface area contributed by atoms with E-state index in [1.165, 1.54) is 22.8 Å². The number of halogens is 1. The lowest BCUT2D eigenvalue weighted by atomic mass is 9.86. The van der Waals surface area contributed by atoms with Crippen molar-refractivity contribution in [3.63, 3.8) is 0 Å². The van der Waals surface area contributed by atoms with Crippen molar-refractivity contribution in [3.05, 3.63) is 10.2 Å². The van der Waals surface area contributed by atoms with Crippen molar-refractivity contribution < 1.29 is 0 Å². The maximum atomic E-state index is 3.86. The van der Waals surface area contributed by atoms with E-state index in [-0.39, 0.29) is 0 Å². The Balaban J connectivity index is 2.27. The topological polar surface area (TPSA) is 0 Å². The monoisotopic (exact) mass is 208 g/mol. The zero-order chi connectivity index (χ0) is 5.28. The summed E-state index contributed by atoms with van der Waals surface area (Å²) in [5, 5.41) is 0. The smallest absolute Gasteiger partial charge is 0.0110 e. The molecular formula is C6H9I. The lowest BCUT2D eigenvalue weighted by Gasteiger charge is -2.23. The highest BCUT2D eigenvalue weighted by atomic mass is 127. The second kappa shape index (κ2) is 2.16. The molecule has 0 aromatic carbocycles. The zero-order valence-corrected chi connectivity index (χ0v) is 6.44. The van der Waals surface area contributed by atoms with Crippen molar-refractivity contribution in [2.24, 2.45) is 5.92 Å². The highest BCUT2D eigenvalue weighted by Gasteiger charge is 2.17. The number of allylic oxidation sites excluding steroid dienone is 1. The van der Waals surface area contributed by atoms with E-state index in [9.17, 15) is 0 Å². The molecule has 1 saturated carbocycles. The van der Waals surface area contributed by atoms with Crippen LogP contribution in [0.4, 0.5) is 0 Å². The molecule has 1 aliphatic rings. The van der Waals surface area contributed by atoms with Crippen LogP contribution in [-0.2, 0) is 0 Å². The first kappa shape index (κ1) is 5.60. The molecule has 1 aliphatic carbocycles. The molecule has 0 amide bonds. The Morgan fingerprint density at radius 3 is 2.14 bits per heavy atom. The first-order valence-electron chi connectivity index (χ1n) is 2.65. The van der Waals surface area contributed by atoms with Crippen LogP contribution in [0.3, 0.4) is 0 Å². The molecule has 0 aromatic heterocycles. The second-order valence-corrected chi connectivity index (χ2v) is 3.46. The molecular weight excluding hydrogens is 199 g/mol. The molecule has 1 heteroatoms. The van der Waals surface area contributed by atoms with Gasteiger partial charge in [0.05, 0.1) is 0 Å². The van der Waals surface area contributed by atoms with Gasteiger partial charge in [-0.25, -0.2) is 0 Å². The average Bonchev–Trinajstić information content (AvgIpc) is 1.23. The molecule has 0 heterocycles. The van der Waals surface area contributed by atoms with Crippen LogP contribution in [0.5, 0.6) is 0 Å². The predicted octanol–water partition coefficient (Wildman–Crippen LogP) is 2.74. The summed E-state index contributed by atoms with van der Waals surface area (Å²) in [6.07, 6.45) is 4.20. The van der Waals surface area contributed by atoms with Gasteiger partial charge < -0.3 is 0 Å². The fourth-order valence-electron chi connectivity index (χ4n) is 0.721. The summed E-state index contributed by atoms with van der Waals surface area (Å²) in [4.78, 5) is 0. The largest absolute Gasteiger partial charge is 0.0894 e. The van der Waals surface area contributed by atoms with Crippen LogP contribution < -0.4 is 0 Å². The van der Waals surface area contributed by atoms with Crippen molar-refractivity contribution in [2.75, 3.05) is 0 Å². The first-order chi connectivity index (χ1) is 3.30. The van der Waals surface area contributed by atoms with Crippen LogP contribution >= 0.6 is 22.6 Å².